The number of hydrogen-bond acceptors (Lipinski definition) is 6. The van der Waals surface area contributed by atoms with E-state index in [4.69, 9.17) is 16.3 Å². The lowest BCUT2D eigenvalue weighted by molar-refractivity contribution is 0.209. The van der Waals surface area contributed by atoms with Crippen LogP contribution in [0.25, 0.3) is 5.69 Å². The molecule has 1 saturated heterocycles. The topological polar surface area (TPSA) is 84.7 Å². The van der Waals surface area contributed by atoms with E-state index in [1.54, 1.807) is 30.5 Å². The molecule has 190 valence electrons. The molecule has 0 saturated carbocycles. The number of rotatable bonds is 7. The van der Waals surface area contributed by atoms with Crippen LogP contribution in [0, 0.1) is 0 Å². The summed E-state index contributed by atoms with van der Waals surface area (Å²) >= 11 is 6.17. The van der Waals surface area contributed by atoms with Crippen molar-refractivity contribution in [1.82, 2.24) is 14.1 Å². The van der Waals surface area contributed by atoms with Gasteiger partial charge in [-0.3, -0.25) is 4.79 Å². The molecule has 36 heavy (non-hydrogen) atoms. The SMILES string of the molecule is CCCS(=O)(=O)N1CCN(c2cnn(-c3cccc(Cl)c3)c(=O)c2OC2Cc3ccccc3C2)CC1. The molecule has 1 aliphatic heterocycles. The van der Waals surface area contributed by atoms with Crippen LogP contribution >= 0.6 is 11.6 Å². The number of aromatic nitrogens is 2. The molecule has 0 amide bonds. The van der Waals surface area contributed by atoms with Gasteiger partial charge in [0.15, 0.2) is 0 Å². The summed E-state index contributed by atoms with van der Waals surface area (Å²) < 4.78 is 34.3. The van der Waals surface area contributed by atoms with Gasteiger partial charge in [-0.2, -0.15) is 14.1 Å². The minimum absolute atomic E-state index is 0.140. The van der Waals surface area contributed by atoms with E-state index in [1.165, 1.54) is 20.1 Å². The van der Waals surface area contributed by atoms with E-state index in [0.29, 0.717) is 49.0 Å². The Hall–Kier alpha value is -2.88. The molecule has 0 bridgehead atoms. The van der Waals surface area contributed by atoms with Crippen molar-refractivity contribution in [2.45, 2.75) is 32.3 Å². The highest BCUT2D eigenvalue weighted by atomic mass is 35.5. The minimum atomic E-state index is -3.27. The zero-order valence-corrected chi connectivity index (χ0v) is 21.7. The normalized spacial score (nSPS) is 16.8. The molecule has 3 aromatic rings. The summed E-state index contributed by atoms with van der Waals surface area (Å²) in [5.74, 6) is 0.369. The van der Waals surface area contributed by atoms with Crippen LogP contribution in [-0.2, 0) is 22.9 Å². The average Bonchev–Trinajstić information content (AvgIpc) is 3.28. The first-order chi connectivity index (χ1) is 17.4. The fraction of sp³-hybridized carbons (Fsp3) is 0.385. The predicted molar refractivity (Wildman–Crippen MR) is 141 cm³/mol. The smallest absolute Gasteiger partial charge is 0.316 e. The van der Waals surface area contributed by atoms with Crippen LogP contribution in [-0.4, -0.2) is 60.5 Å². The monoisotopic (exact) mass is 528 g/mol. The summed E-state index contributed by atoms with van der Waals surface area (Å²) in [5.41, 5.74) is 3.22. The summed E-state index contributed by atoms with van der Waals surface area (Å²) in [5, 5.41) is 4.93. The van der Waals surface area contributed by atoms with Gasteiger partial charge in [-0.15, -0.1) is 0 Å². The molecule has 10 heteroatoms. The Morgan fingerprint density at radius 2 is 1.72 bits per heavy atom. The van der Waals surface area contributed by atoms with Crippen molar-refractivity contribution < 1.29 is 13.2 Å². The number of fused-ring (bicyclic) bond motifs is 1. The molecule has 1 fully saturated rings. The number of halogens is 1. The van der Waals surface area contributed by atoms with Crippen LogP contribution < -0.4 is 15.2 Å². The predicted octanol–water partition coefficient (Wildman–Crippen LogP) is 3.29. The molecule has 1 aromatic heterocycles. The summed E-state index contributed by atoms with van der Waals surface area (Å²) in [6.07, 6.45) is 3.48. The van der Waals surface area contributed by atoms with Crippen LogP contribution in [0.15, 0.2) is 59.5 Å². The van der Waals surface area contributed by atoms with Crippen LogP contribution in [0.4, 0.5) is 5.69 Å². The van der Waals surface area contributed by atoms with Gasteiger partial charge in [-0.25, -0.2) is 8.42 Å². The summed E-state index contributed by atoms with van der Waals surface area (Å²) in [6, 6.07) is 15.2. The summed E-state index contributed by atoms with van der Waals surface area (Å²) in [4.78, 5) is 15.7. The van der Waals surface area contributed by atoms with Crippen molar-refractivity contribution >= 4 is 27.3 Å². The highest BCUT2D eigenvalue weighted by Gasteiger charge is 2.31. The molecule has 1 aliphatic carbocycles. The maximum Gasteiger partial charge on any atom is 0.316 e. The van der Waals surface area contributed by atoms with Crippen molar-refractivity contribution in [2.24, 2.45) is 0 Å². The van der Waals surface area contributed by atoms with Gasteiger partial charge in [-0.1, -0.05) is 48.9 Å². The third-order valence-corrected chi connectivity index (χ3v) is 9.01. The second-order valence-electron chi connectivity index (χ2n) is 9.17. The standard InChI is InChI=1S/C26H29ClN4O4S/c1-2-14-36(33,34)30-12-10-29(11-13-30)24-18-28-31(22-9-5-8-21(27)17-22)26(32)25(24)35-23-15-19-6-3-4-7-20(19)16-23/h3-9,17-18,23H,2,10-16H2,1H3. The molecule has 0 atom stereocenters. The molecule has 2 heterocycles. The highest BCUT2D eigenvalue weighted by molar-refractivity contribution is 7.89. The number of benzene rings is 2. The first-order valence-electron chi connectivity index (χ1n) is 12.2. The Morgan fingerprint density at radius 1 is 1.03 bits per heavy atom. The van der Waals surface area contributed by atoms with Crippen LogP contribution in [0.1, 0.15) is 24.5 Å². The van der Waals surface area contributed by atoms with Gasteiger partial charge in [0.1, 0.15) is 11.8 Å². The Kier molecular flexibility index (Phi) is 7.05. The Labute approximate surface area is 216 Å². The maximum atomic E-state index is 13.7. The highest BCUT2D eigenvalue weighted by Crippen LogP contribution is 2.31. The van der Waals surface area contributed by atoms with Crippen molar-refractivity contribution in [3.8, 4) is 11.4 Å². The van der Waals surface area contributed by atoms with E-state index in [2.05, 4.69) is 17.2 Å². The lowest BCUT2D eigenvalue weighted by Gasteiger charge is -2.36. The van der Waals surface area contributed by atoms with Crippen molar-refractivity contribution in [1.29, 1.82) is 0 Å². The van der Waals surface area contributed by atoms with Gasteiger partial charge in [0.05, 0.1) is 17.6 Å². The Balaban J connectivity index is 1.46. The number of nitrogens with zero attached hydrogens (tertiary/aromatic N) is 4. The first kappa shape index (κ1) is 24.8. The molecular weight excluding hydrogens is 500 g/mol. The molecule has 0 N–H and O–H groups in total. The molecule has 0 radical (unpaired) electrons. The Morgan fingerprint density at radius 3 is 2.36 bits per heavy atom. The number of ether oxygens (including phenoxy) is 1. The lowest BCUT2D eigenvalue weighted by atomic mass is 10.1. The first-order valence-corrected chi connectivity index (χ1v) is 14.2. The quantitative estimate of drug-likeness (QED) is 0.468. The largest absolute Gasteiger partial charge is 0.482 e. The minimum Gasteiger partial charge on any atom is -0.482 e. The van der Waals surface area contributed by atoms with Gasteiger partial charge in [0.2, 0.25) is 15.8 Å². The van der Waals surface area contributed by atoms with Gasteiger partial charge in [0.25, 0.3) is 0 Å². The fourth-order valence-corrected chi connectivity index (χ4v) is 6.60. The third-order valence-electron chi connectivity index (χ3n) is 6.70. The zero-order valence-electron chi connectivity index (χ0n) is 20.1. The fourth-order valence-electron chi connectivity index (χ4n) is 4.92. The molecule has 8 nitrogen and oxygen atoms in total. The average molecular weight is 529 g/mol. The van der Waals surface area contributed by atoms with Crippen LogP contribution in [0.5, 0.6) is 5.75 Å². The summed E-state index contributed by atoms with van der Waals surface area (Å²) in [7, 11) is -3.27. The van der Waals surface area contributed by atoms with Gasteiger partial charge in [-0.05, 0) is 35.7 Å². The van der Waals surface area contributed by atoms with Crippen LogP contribution in [0.2, 0.25) is 5.02 Å². The lowest BCUT2D eigenvalue weighted by Crippen LogP contribution is -2.49. The molecule has 2 aromatic carbocycles. The van der Waals surface area contributed by atoms with E-state index in [0.717, 1.165) is 12.8 Å². The Bertz CT molecular complexity index is 1390. The molecule has 5 rings (SSSR count). The second kappa shape index (κ2) is 10.2. The molecular formula is C26H29ClN4O4S. The number of anilines is 1. The number of hydrogen-bond donors (Lipinski definition) is 0. The van der Waals surface area contributed by atoms with Crippen molar-refractivity contribution in [3.63, 3.8) is 0 Å². The zero-order chi connectivity index (χ0) is 25.3. The number of piperazine rings is 1. The summed E-state index contributed by atoms with van der Waals surface area (Å²) in [6.45, 7) is 3.47. The van der Waals surface area contributed by atoms with Crippen LogP contribution in [0.3, 0.4) is 0 Å². The maximum absolute atomic E-state index is 13.7. The molecule has 2 aliphatic rings. The van der Waals surface area contributed by atoms with E-state index >= 15 is 0 Å². The van der Waals surface area contributed by atoms with E-state index in [-0.39, 0.29) is 23.2 Å². The number of sulfonamides is 1. The van der Waals surface area contributed by atoms with Crippen molar-refractivity contribution in [3.05, 3.63) is 81.2 Å². The van der Waals surface area contributed by atoms with Gasteiger partial charge >= 0.3 is 5.56 Å². The van der Waals surface area contributed by atoms with E-state index < -0.39 is 10.0 Å². The van der Waals surface area contributed by atoms with E-state index in [1.807, 2.05) is 24.0 Å². The molecule has 0 unspecified atom stereocenters. The third kappa shape index (κ3) is 5.00. The second-order valence-corrected chi connectivity index (χ2v) is 11.7. The molecule has 0 spiro atoms. The van der Waals surface area contributed by atoms with Gasteiger partial charge < -0.3 is 9.64 Å². The van der Waals surface area contributed by atoms with Crippen molar-refractivity contribution in [2.75, 3.05) is 36.8 Å². The van der Waals surface area contributed by atoms with Gasteiger partial charge in [0, 0.05) is 44.0 Å². The van der Waals surface area contributed by atoms with E-state index in [9.17, 15) is 13.2 Å².